The molecule has 3 N–H and O–H groups in total. The number of nitrogens with zero attached hydrogens (tertiary/aromatic N) is 7. The molecule has 0 radical (unpaired) electrons. The summed E-state index contributed by atoms with van der Waals surface area (Å²) < 4.78 is 71.4. The molecule has 3 aromatic heterocycles. The van der Waals surface area contributed by atoms with E-state index in [1.807, 2.05) is 0 Å². The van der Waals surface area contributed by atoms with Crippen molar-refractivity contribution in [2.75, 3.05) is 0 Å². The van der Waals surface area contributed by atoms with Crippen molar-refractivity contribution in [3.8, 4) is 22.0 Å². The van der Waals surface area contributed by atoms with Gasteiger partial charge in [0.25, 0.3) is 5.91 Å². The first-order chi connectivity index (χ1) is 19.5. The number of carbonyl (C=O) groups is 1. The quantitative estimate of drug-likeness (QED) is 0.232. The molecule has 2 unspecified atom stereocenters. The molecule has 2 aromatic carbocycles. The van der Waals surface area contributed by atoms with E-state index in [0.717, 1.165) is 23.1 Å². The van der Waals surface area contributed by atoms with E-state index in [1.54, 1.807) is 12.1 Å². The van der Waals surface area contributed by atoms with Crippen molar-refractivity contribution < 1.29 is 31.9 Å². The number of aromatic nitrogens is 8. The first kappa shape index (κ1) is 27.9. The fourth-order valence-electron chi connectivity index (χ4n) is 4.08. The van der Waals surface area contributed by atoms with Gasteiger partial charge in [0.15, 0.2) is 11.5 Å². The van der Waals surface area contributed by atoms with Gasteiger partial charge in [0.2, 0.25) is 0 Å². The van der Waals surface area contributed by atoms with Crippen molar-refractivity contribution >= 4 is 17.2 Å². The number of alkyl halides is 3. The van der Waals surface area contributed by atoms with Crippen LogP contribution in [0.2, 0.25) is 0 Å². The van der Waals surface area contributed by atoms with Crippen LogP contribution in [-0.2, 0) is 18.3 Å². The number of rotatable bonds is 8. The van der Waals surface area contributed by atoms with Crippen molar-refractivity contribution in [3.05, 3.63) is 82.9 Å². The van der Waals surface area contributed by atoms with Crippen LogP contribution in [0.1, 0.15) is 27.9 Å². The molecule has 212 valence electrons. The molecule has 11 nitrogen and oxygen atoms in total. The lowest BCUT2D eigenvalue weighted by atomic mass is 9.86. The molecule has 0 aliphatic carbocycles. The molecule has 2 atom stereocenters. The standard InChI is InChI=1S/C24H18F5N9O2S/c1-12(23(40,9-38-11-30-10-31-38)16-7-6-15(25)8-17(16)26)32-21(39)18-19(24(27,28)29)33-22(41-18)14-4-2-13(3-5-14)20-34-36-37-35-20/h2-8,10-12,40H,9H2,1H3,(H,32,39)(H,34,35,36,37). The minimum atomic E-state index is -4.99. The first-order valence-electron chi connectivity index (χ1n) is 11.7. The lowest BCUT2D eigenvalue weighted by Gasteiger charge is -2.35. The monoisotopic (exact) mass is 591 g/mol. The number of aliphatic hydroxyl groups is 1. The molecule has 0 fully saturated rings. The molecular weight excluding hydrogens is 573 g/mol. The van der Waals surface area contributed by atoms with Crippen LogP contribution in [0.3, 0.4) is 0 Å². The third-order valence-corrected chi connectivity index (χ3v) is 7.29. The highest BCUT2D eigenvalue weighted by Gasteiger charge is 2.43. The number of H-pyrrole nitrogens is 1. The topological polar surface area (TPSA) is 147 Å². The van der Waals surface area contributed by atoms with Crippen molar-refractivity contribution in [2.24, 2.45) is 0 Å². The van der Waals surface area contributed by atoms with Crippen molar-refractivity contribution in [1.82, 2.24) is 45.7 Å². The molecule has 5 rings (SSSR count). The van der Waals surface area contributed by atoms with Gasteiger partial charge in [-0.3, -0.25) is 4.79 Å². The Morgan fingerprint density at radius 3 is 2.49 bits per heavy atom. The second kappa shape index (κ2) is 10.7. The SMILES string of the molecule is CC(NC(=O)c1sc(-c2ccc(-c3nnn[nH]3)cc2)nc1C(F)(F)F)C(O)(Cn1cncn1)c1ccc(F)cc1F. The molecule has 0 aliphatic heterocycles. The third kappa shape index (κ3) is 5.66. The predicted octanol–water partition coefficient (Wildman–Crippen LogP) is 3.59. The van der Waals surface area contributed by atoms with E-state index >= 15 is 0 Å². The van der Waals surface area contributed by atoms with E-state index in [4.69, 9.17) is 0 Å². The molecule has 0 aliphatic rings. The van der Waals surface area contributed by atoms with E-state index in [-0.39, 0.29) is 5.01 Å². The van der Waals surface area contributed by atoms with Gasteiger partial charge in [-0.15, -0.1) is 16.4 Å². The molecular formula is C24H18F5N9O2S. The van der Waals surface area contributed by atoms with Gasteiger partial charge in [0.1, 0.15) is 39.8 Å². The summed E-state index contributed by atoms with van der Waals surface area (Å²) in [4.78, 5) is 19.9. The summed E-state index contributed by atoms with van der Waals surface area (Å²) in [6, 6.07) is 7.14. The smallest absolute Gasteiger partial charge is 0.381 e. The highest BCUT2D eigenvalue weighted by atomic mass is 32.1. The van der Waals surface area contributed by atoms with E-state index in [0.29, 0.717) is 34.4 Å². The van der Waals surface area contributed by atoms with E-state index in [2.05, 4.69) is 41.0 Å². The molecule has 17 heteroatoms. The van der Waals surface area contributed by atoms with Crippen LogP contribution in [0.4, 0.5) is 22.0 Å². The van der Waals surface area contributed by atoms with Crippen LogP contribution < -0.4 is 5.32 Å². The van der Waals surface area contributed by atoms with E-state index < -0.39 is 58.0 Å². The minimum Gasteiger partial charge on any atom is -0.381 e. The normalized spacial score (nSPS) is 14.0. The summed E-state index contributed by atoms with van der Waals surface area (Å²) in [7, 11) is 0. The van der Waals surface area contributed by atoms with E-state index in [1.165, 1.54) is 25.4 Å². The van der Waals surface area contributed by atoms with Gasteiger partial charge in [0, 0.05) is 22.8 Å². The zero-order chi connectivity index (χ0) is 29.4. The minimum absolute atomic E-state index is 0.0974. The zero-order valence-electron chi connectivity index (χ0n) is 20.8. The Kier molecular flexibility index (Phi) is 7.31. The molecule has 0 bridgehead atoms. The number of hydrogen-bond donors (Lipinski definition) is 3. The van der Waals surface area contributed by atoms with Crippen LogP contribution in [0.25, 0.3) is 22.0 Å². The van der Waals surface area contributed by atoms with Crippen molar-refractivity contribution in [1.29, 1.82) is 0 Å². The maximum absolute atomic E-state index is 14.8. The molecule has 3 heterocycles. The Labute approximate surface area is 231 Å². The van der Waals surface area contributed by atoms with E-state index in [9.17, 15) is 31.9 Å². The Hall–Kier alpha value is -4.64. The Morgan fingerprint density at radius 1 is 1.15 bits per heavy atom. The number of nitrogens with one attached hydrogen (secondary N) is 2. The lowest BCUT2D eigenvalue weighted by molar-refractivity contribution is -0.141. The maximum atomic E-state index is 14.8. The fraction of sp³-hybridized carbons (Fsp3) is 0.208. The number of carbonyl (C=O) groups excluding carboxylic acids is 1. The summed E-state index contributed by atoms with van der Waals surface area (Å²) in [6.07, 6.45) is -2.63. The third-order valence-electron chi connectivity index (χ3n) is 6.18. The Balaban J connectivity index is 1.47. The molecule has 0 saturated carbocycles. The number of aromatic amines is 1. The summed E-state index contributed by atoms with van der Waals surface area (Å²) in [5.41, 5.74) is -3.26. The van der Waals surface area contributed by atoms with Gasteiger partial charge < -0.3 is 10.4 Å². The van der Waals surface area contributed by atoms with Crippen LogP contribution in [0.5, 0.6) is 0 Å². The Morgan fingerprint density at radius 2 is 1.88 bits per heavy atom. The van der Waals surface area contributed by atoms with Crippen molar-refractivity contribution in [3.63, 3.8) is 0 Å². The van der Waals surface area contributed by atoms with Gasteiger partial charge >= 0.3 is 6.18 Å². The molecule has 5 aromatic rings. The predicted molar refractivity (Wildman–Crippen MR) is 133 cm³/mol. The summed E-state index contributed by atoms with van der Waals surface area (Å²) >= 11 is 0.486. The number of hydrogen-bond acceptors (Lipinski definition) is 9. The fourth-order valence-corrected chi connectivity index (χ4v) is 5.07. The molecule has 0 saturated heterocycles. The van der Waals surface area contributed by atoms with Gasteiger partial charge in [-0.05, 0) is 23.4 Å². The molecule has 1 amide bonds. The van der Waals surface area contributed by atoms with Crippen LogP contribution in [0.15, 0.2) is 55.1 Å². The maximum Gasteiger partial charge on any atom is 0.435 e. The second-order valence-corrected chi connectivity index (χ2v) is 9.86. The van der Waals surface area contributed by atoms with Gasteiger partial charge in [-0.25, -0.2) is 28.5 Å². The summed E-state index contributed by atoms with van der Waals surface area (Å²) in [5, 5.41) is 30.9. The van der Waals surface area contributed by atoms with Gasteiger partial charge in [-0.1, -0.05) is 30.3 Å². The van der Waals surface area contributed by atoms with Crippen LogP contribution in [-0.4, -0.2) is 57.4 Å². The molecule has 0 spiro atoms. The van der Waals surface area contributed by atoms with Crippen molar-refractivity contribution in [2.45, 2.75) is 31.3 Å². The number of amides is 1. The van der Waals surface area contributed by atoms with Crippen LogP contribution in [0, 0.1) is 11.6 Å². The largest absolute Gasteiger partial charge is 0.435 e. The molecule has 41 heavy (non-hydrogen) atoms. The number of benzene rings is 2. The Bertz CT molecular complexity index is 1660. The number of thiazole rings is 1. The average molecular weight is 592 g/mol. The highest BCUT2D eigenvalue weighted by Crippen LogP contribution is 2.38. The van der Waals surface area contributed by atoms with Gasteiger partial charge in [-0.2, -0.15) is 18.3 Å². The summed E-state index contributed by atoms with van der Waals surface area (Å²) in [5.74, 6) is -2.91. The van der Waals surface area contributed by atoms with Gasteiger partial charge in [0.05, 0.1) is 12.6 Å². The lowest BCUT2D eigenvalue weighted by Crippen LogP contribution is -2.52. The summed E-state index contributed by atoms with van der Waals surface area (Å²) in [6.45, 7) is 0.800. The first-order valence-corrected chi connectivity index (χ1v) is 12.5. The average Bonchev–Trinajstić information content (AvgIpc) is 3.70. The number of tetrazole rings is 1. The number of halogens is 5. The van der Waals surface area contributed by atoms with Crippen LogP contribution >= 0.6 is 11.3 Å². The second-order valence-electron chi connectivity index (χ2n) is 8.86. The highest BCUT2D eigenvalue weighted by molar-refractivity contribution is 7.17. The zero-order valence-corrected chi connectivity index (χ0v) is 21.6.